The van der Waals surface area contributed by atoms with Crippen LogP contribution in [0.1, 0.15) is 5.56 Å². The molecule has 0 unspecified atom stereocenters. The van der Waals surface area contributed by atoms with Gasteiger partial charge in [-0.2, -0.15) is 4.68 Å². The van der Waals surface area contributed by atoms with Crippen LogP contribution in [0.2, 0.25) is 5.02 Å². The minimum atomic E-state index is -0.397. The van der Waals surface area contributed by atoms with Crippen molar-refractivity contribution >= 4 is 28.5 Å². The Balaban J connectivity index is 2.08. The van der Waals surface area contributed by atoms with Gasteiger partial charge in [0, 0.05) is 34.6 Å². The summed E-state index contributed by atoms with van der Waals surface area (Å²) >= 11 is 11.8. The van der Waals surface area contributed by atoms with Crippen molar-refractivity contribution in [1.29, 1.82) is 10.8 Å². The molecule has 126 valence electrons. The number of ether oxygens (including phenoxy) is 1. The number of halogens is 2. The highest BCUT2D eigenvalue weighted by molar-refractivity contribution is 6.64. The fourth-order valence-corrected chi connectivity index (χ4v) is 2.45. The molecule has 2 aromatic heterocycles. The molecule has 1 aromatic carbocycles. The molecule has 25 heavy (non-hydrogen) atoms. The maximum absolute atomic E-state index is 7.89. The SMILES string of the molecule is Cc1cc(Oc2ccc(Cl)cc2-c2cncnc2)nn(C(=N)Cl)c1=N. The summed E-state index contributed by atoms with van der Waals surface area (Å²) in [6, 6.07) is 6.72. The highest BCUT2D eigenvalue weighted by Gasteiger charge is 2.12. The van der Waals surface area contributed by atoms with Crippen LogP contribution in [-0.4, -0.2) is 25.0 Å². The molecule has 0 radical (unpaired) electrons. The van der Waals surface area contributed by atoms with Gasteiger partial charge in [-0.1, -0.05) is 11.6 Å². The van der Waals surface area contributed by atoms with Crippen molar-refractivity contribution < 1.29 is 4.74 Å². The van der Waals surface area contributed by atoms with Crippen LogP contribution in [0.4, 0.5) is 0 Å². The van der Waals surface area contributed by atoms with E-state index in [1.807, 2.05) is 0 Å². The lowest BCUT2D eigenvalue weighted by Crippen LogP contribution is -2.28. The average Bonchev–Trinajstić information content (AvgIpc) is 2.60. The average molecular weight is 375 g/mol. The predicted molar refractivity (Wildman–Crippen MR) is 94.3 cm³/mol. The molecule has 0 spiro atoms. The number of aryl methyl sites for hydroxylation is 1. The number of hydrogen-bond acceptors (Lipinski definition) is 6. The van der Waals surface area contributed by atoms with Gasteiger partial charge in [-0.15, -0.1) is 5.10 Å². The summed E-state index contributed by atoms with van der Waals surface area (Å²) in [6.45, 7) is 1.71. The summed E-state index contributed by atoms with van der Waals surface area (Å²) in [5.41, 5.74) is 2.00. The molecule has 0 fully saturated rings. The Morgan fingerprint density at radius 1 is 1.20 bits per heavy atom. The van der Waals surface area contributed by atoms with Gasteiger partial charge in [0.1, 0.15) is 12.1 Å². The first kappa shape index (κ1) is 17.1. The van der Waals surface area contributed by atoms with E-state index in [9.17, 15) is 0 Å². The van der Waals surface area contributed by atoms with Crippen LogP contribution < -0.4 is 10.2 Å². The first-order chi connectivity index (χ1) is 12.0. The maximum Gasteiger partial charge on any atom is 0.237 e. The highest BCUT2D eigenvalue weighted by Crippen LogP contribution is 2.34. The van der Waals surface area contributed by atoms with E-state index in [0.29, 0.717) is 21.9 Å². The van der Waals surface area contributed by atoms with Crippen molar-refractivity contribution in [3.8, 4) is 22.8 Å². The minimum Gasteiger partial charge on any atom is -0.437 e. The fourth-order valence-electron chi connectivity index (χ4n) is 2.16. The zero-order chi connectivity index (χ0) is 18.0. The molecule has 0 aliphatic carbocycles. The lowest BCUT2D eigenvalue weighted by atomic mass is 10.1. The molecule has 0 aliphatic rings. The normalized spacial score (nSPS) is 10.5. The smallest absolute Gasteiger partial charge is 0.237 e. The standard InChI is InChI=1S/C16H12Cl2N6O/c1-9-4-14(23-24(15(9)19)16(18)20)25-13-3-2-11(17)5-12(13)10-6-21-8-22-7-10/h2-8,19-20H,1H3. The van der Waals surface area contributed by atoms with E-state index in [2.05, 4.69) is 15.1 Å². The molecule has 0 bridgehead atoms. The number of aromatic nitrogens is 4. The zero-order valence-corrected chi connectivity index (χ0v) is 14.5. The molecule has 0 saturated heterocycles. The van der Waals surface area contributed by atoms with Gasteiger partial charge in [0.05, 0.1) is 0 Å². The van der Waals surface area contributed by atoms with Crippen molar-refractivity contribution in [2.75, 3.05) is 0 Å². The van der Waals surface area contributed by atoms with Crippen LogP contribution in [0.15, 0.2) is 43.0 Å². The molecule has 3 aromatic rings. The number of hydrogen-bond donors (Lipinski definition) is 2. The van der Waals surface area contributed by atoms with Gasteiger partial charge in [0.15, 0.2) is 5.49 Å². The Morgan fingerprint density at radius 2 is 1.92 bits per heavy atom. The Morgan fingerprint density at radius 3 is 2.60 bits per heavy atom. The number of nitrogens with zero attached hydrogens (tertiary/aromatic N) is 4. The minimum absolute atomic E-state index is 0.0140. The predicted octanol–water partition coefficient (Wildman–Crippen LogP) is 3.60. The van der Waals surface area contributed by atoms with E-state index in [1.54, 1.807) is 43.6 Å². The summed E-state index contributed by atoms with van der Waals surface area (Å²) in [4.78, 5) is 8.00. The molecular formula is C16H12Cl2N6O. The van der Waals surface area contributed by atoms with Gasteiger partial charge >= 0.3 is 0 Å². The van der Waals surface area contributed by atoms with Crippen molar-refractivity contribution in [2.24, 2.45) is 0 Å². The van der Waals surface area contributed by atoms with Gasteiger partial charge in [0.25, 0.3) is 0 Å². The van der Waals surface area contributed by atoms with Gasteiger partial charge in [-0.25, -0.2) is 9.97 Å². The van der Waals surface area contributed by atoms with E-state index in [4.69, 9.17) is 38.8 Å². The van der Waals surface area contributed by atoms with Crippen LogP contribution in [0.3, 0.4) is 0 Å². The topological polar surface area (TPSA) is 101 Å². The summed E-state index contributed by atoms with van der Waals surface area (Å²) in [5, 5.41) is 19.6. The van der Waals surface area contributed by atoms with Crippen molar-refractivity contribution in [1.82, 2.24) is 19.7 Å². The lowest BCUT2D eigenvalue weighted by Gasteiger charge is -2.12. The monoisotopic (exact) mass is 374 g/mol. The Labute approximate surface area is 152 Å². The van der Waals surface area contributed by atoms with E-state index in [1.165, 1.54) is 6.33 Å². The van der Waals surface area contributed by atoms with Gasteiger partial charge < -0.3 is 4.74 Å². The largest absolute Gasteiger partial charge is 0.437 e. The second-order valence-corrected chi connectivity index (χ2v) is 5.88. The Bertz CT molecular complexity index is 1000. The van der Waals surface area contributed by atoms with Crippen LogP contribution in [0, 0.1) is 17.7 Å². The molecule has 2 N–H and O–H groups in total. The number of nitrogens with one attached hydrogen (secondary N) is 2. The van der Waals surface area contributed by atoms with Gasteiger partial charge in [-0.05, 0) is 42.3 Å². The first-order valence-corrected chi connectivity index (χ1v) is 7.84. The van der Waals surface area contributed by atoms with E-state index >= 15 is 0 Å². The molecule has 0 amide bonds. The molecular weight excluding hydrogens is 363 g/mol. The Kier molecular flexibility index (Phi) is 4.78. The van der Waals surface area contributed by atoms with Crippen LogP contribution in [0.25, 0.3) is 11.1 Å². The molecule has 0 saturated carbocycles. The highest BCUT2D eigenvalue weighted by atomic mass is 35.5. The molecule has 0 atom stereocenters. The maximum atomic E-state index is 7.89. The van der Waals surface area contributed by atoms with Gasteiger partial charge in [0.2, 0.25) is 11.2 Å². The van der Waals surface area contributed by atoms with Crippen LogP contribution >= 0.6 is 23.2 Å². The van der Waals surface area contributed by atoms with Gasteiger partial charge in [-0.3, -0.25) is 10.8 Å². The third-order valence-electron chi connectivity index (χ3n) is 3.34. The molecule has 3 rings (SSSR count). The van der Waals surface area contributed by atoms with Crippen molar-refractivity contribution in [3.63, 3.8) is 0 Å². The van der Waals surface area contributed by atoms with Crippen LogP contribution in [-0.2, 0) is 0 Å². The second-order valence-electron chi connectivity index (χ2n) is 5.09. The summed E-state index contributed by atoms with van der Waals surface area (Å²) in [7, 11) is 0. The summed E-state index contributed by atoms with van der Waals surface area (Å²) in [6.07, 6.45) is 4.72. The fraction of sp³-hybridized carbons (Fsp3) is 0.0625. The van der Waals surface area contributed by atoms with Crippen molar-refractivity contribution in [2.45, 2.75) is 6.92 Å². The van der Waals surface area contributed by atoms with E-state index in [0.717, 1.165) is 10.2 Å². The summed E-state index contributed by atoms with van der Waals surface area (Å²) < 4.78 is 6.84. The molecule has 9 heteroatoms. The number of rotatable bonds is 3. The quantitative estimate of drug-likeness (QED) is 0.540. The lowest BCUT2D eigenvalue weighted by molar-refractivity contribution is 0.449. The second kappa shape index (κ2) is 7.00. The number of benzene rings is 1. The third kappa shape index (κ3) is 3.67. The summed E-state index contributed by atoms with van der Waals surface area (Å²) in [5.74, 6) is 0.677. The van der Waals surface area contributed by atoms with E-state index < -0.39 is 5.29 Å². The zero-order valence-electron chi connectivity index (χ0n) is 13.0. The molecule has 0 aliphatic heterocycles. The Hall–Kier alpha value is -2.77. The molecule has 2 heterocycles. The first-order valence-electron chi connectivity index (χ1n) is 7.08. The third-order valence-corrected chi connectivity index (χ3v) is 3.73. The van der Waals surface area contributed by atoms with Crippen molar-refractivity contribution in [3.05, 3.63) is 59.1 Å². The molecule has 7 nitrogen and oxygen atoms in total. The van der Waals surface area contributed by atoms with Crippen LogP contribution in [0.5, 0.6) is 11.6 Å². The van der Waals surface area contributed by atoms with E-state index in [-0.39, 0.29) is 11.4 Å².